The highest BCUT2D eigenvalue weighted by Crippen LogP contribution is 2.86. The molecule has 0 radical (unpaired) electrons. The quantitative estimate of drug-likeness (QED) is 0.249. The van der Waals surface area contributed by atoms with Crippen molar-refractivity contribution in [2.45, 2.75) is 143 Å². The average molecular weight is 474 g/mol. The van der Waals surface area contributed by atoms with E-state index in [0.717, 1.165) is 37.3 Å². The molecule has 4 heteroatoms. The molecule has 0 unspecified atom stereocenters. The van der Waals surface area contributed by atoms with Crippen molar-refractivity contribution in [1.29, 1.82) is 0 Å². The normalized spacial score (nSPS) is 51.3. The fraction of sp³-hybridized carbons (Fsp3) is 0.967. The molecule has 5 fully saturated rings. The number of rotatable bonds is 5. The highest BCUT2D eigenvalue weighted by atomic mass is 16.6. The second-order valence-corrected chi connectivity index (χ2v) is 15.1. The third-order valence-electron chi connectivity index (χ3n) is 13.1. The van der Waals surface area contributed by atoms with Crippen LogP contribution in [0.2, 0.25) is 0 Å². The topological polar surface area (TPSA) is 65.4 Å². The first-order chi connectivity index (χ1) is 15.6. The number of nitrogens with zero attached hydrogens (tertiary/aromatic N) is 1. The minimum Gasteiger partial charge on any atom is -0.411 e. The molecule has 1 heterocycles. The molecule has 1 aliphatic heterocycles. The molecule has 5 aliphatic rings. The van der Waals surface area contributed by atoms with Crippen LogP contribution in [0.15, 0.2) is 5.16 Å². The number of fused-ring (bicyclic) bond motifs is 2. The van der Waals surface area contributed by atoms with E-state index in [2.05, 4.69) is 46.7 Å². The van der Waals surface area contributed by atoms with E-state index in [1.807, 2.05) is 13.8 Å². The lowest BCUT2D eigenvalue weighted by Crippen LogP contribution is -2.65. The van der Waals surface area contributed by atoms with Gasteiger partial charge >= 0.3 is 0 Å². The summed E-state index contributed by atoms with van der Waals surface area (Å²) in [7, 11) is 0. The summed E-state index contributed by atoms with van der Waals surface area (Å²) in [6.07, 6.45) is 12.6. The van der Waals surface area contributed by atoms with Crippen LogP contribution in [0, 0.1) is 39.4 Å². The first-order valence-electron chi connectivity index (χ1n) is 14.3. The molecular weight excluding hydrogens is 422 g/mol. The van der Waals surface area contributed by atoms with Gasteiger partial charge in [-0.2, -0.15) is 0 Å². The van der Waals surface area contributed by atoms with Crippen LogP contribution in [0.3, 0.4) is 0 Å². The van der Waals surface area contributed by atoms with Crippen LogP contribution in [-0.2, 0) is 4.74 Å². The van der Waals surface area contributed by atoms with E-state index in [-0.39, 0.29) is 27.4 Å². The van der Waals surface area contributed by atoms with Crippen LogP contribution in [-0.4, -0.2) is 32.8 Å². The zero-order valence-electron chi connectivity index (χ0n) is 23.3. The molecule has 8 atom stereocenters. The fourth-order valence-corrected chi connectivity index (χ4v) is 11.0. The molecule has 4 aliphatic carbocycles. The Bertz CT molecular complexity index is 875. The van der Waals surface area contributed by atoms with Gasteiger partial charge in [-0.15, -0.1) is 0 Å². The fourth-order valence-electron chi connectivity index (χ4n) is 11.0. The molecule has 5 rings (SSSR count). The Hall–Kier alpha value is -0.610. The van der Waals surface area contributed by atoms with Crippen LogP contribution in [0.4, 0.5) is 0 Å². The van der Waals surface area contributed by atoms with Gasteiger partial charge in [0.1, 0.15) is 11.2 Å². The minimum absolute atomic E-state index is 0.00841. The van der Waals surface area contributed by atoms with Crippen molar-refractivity contribution in [3.05, 3.63) is 0 Å². The Kier molecular flexibility index (Phi) is 5.34. The van der Waals surface area contributed by atoms with Crippen molar-refractivity contribution in [2.24, 2.45) is 44.6 Å². The second-order valence-electron chi connectivity index (χ2n) is 15.1. The Labute approximate surface area is 208 Å². The van der Waals surface area contributed by atoms with Crippen molar-refractivity contribution in [3.63, 3.8) is 0 Å². The Balaban J connectivity index is 1.42. The number of oxime groups is 1. The Morgan fingerprint density at radius 1 is 0.971 bits per heavy atom. The van der Waals surface area contributed by atoms with E-state index in [4.69, 9.17) is 4.74 Å². The van der Waals surface area contributed by atoms with E-state index < -0.39 is 5.60 Å². The van der Waals surface area contributed by atoms with Gasteiger partial charge < -0.3 is 15.1 Å². The standard InChI is InChI=1S/C30H51NO3/c1-20(10-9-14-24(2,3)32)21-11-16-28(8)26(21,6)18-19-29-27(7)15-13-23(31-33)25(4,5)22(27)12-17-30(28,29)34-29/h20-22,32-33H,9-19H2,1-8H3/b31-23+/t20-,21-,22+,26-,27+,28-,29+,30+/m1/s1. The molecule has 4 saturated carbocycles. The van der Waals surface area contributed by atoms with Crippen molar-refractivity contribution >= 4 is 5.71 Å². The monoisotopic (exact) mass is 473 g/mol. The number of aliphatic hydroxyl groups is 1. The summed E-state index contributed by atoms with van der Waals surface area (Å²) in [5.74, 6) is 1.96. The number of epoxide rings is 1. The average Bonchev–Trinajstić information content (AvgIpc) is 3.36. The molecule has 0 aromatic carbocycles. The molecular formula is C30H51NO3. The van der Waals surface area contributed by atoms with Gasteiger partial charge in [-0.3, -0.25) is 0 Å². The maximum atomic E-state index is 10.2. The van der Waals surface area contributed by atoms with Gasteiger partial charge in [-0.25, -0.2) is 0 Å². The molecule has 0 aromatic heterocycles. The molecule has 34 heavy (non-hydrogen) atoms. The summed E-state index contributed by atoms with van der Waals surface area (Å²) in [5.41, 5.74) is 1.13. The first-order valence-corrected chi connectivity index (χ1v) is 14.3. The molecule has 194 valence electrons. The predicted octanol–water partition coefficient (Wildman–Crippen LogP) is 7.35. The van der Waals surface area contributed by atoms with Crippen LogP contribution in [0.25, 0.3) is 0 Å². The maximum absolute atomic E-state index is 10.2. The maximum Gasteiger partial charge on any atom is 0.104 e. The van der Waals surface area contributed by atoms with E-state index >= 15 is 0 Å². The second kappa shape index (κ2) is 7.24. The minimum atomic E-state index is -0.554. The molecule has 1 saturated heterocycles. The first kappa shape index (κ1) is 25.1. The number of hydrogen-bond acceptors (Lipinski definition) is 4. The summed E-state index contributed by atoms with van der Waals surface area (Å²) in [6, 6.07) is 0. The van der Waals surface area contributed by atoms with Gasteiger partial charge in [0.25, 0.3) is 0 Å². The van der Waals surface area contributed by atoms with Gasteiger partial charge in [0.05, 0.1) is 11.3 Å². The lowest BCUT2D eigenvalue weighted by atomic mass is 9.38. The molecule has 0 spiro atoms. The smallest absolute Gasteiger partial charge is 0.104 e. The third-order valence-corrected chi connectivity index (χ3v) is 13.1. The van der Waals surface area contributed by atoms with Crippen molar-refractivity contribution in [2.75, 3.05) is 0 Å². The summed E-state index contributed by atoms with van der Waals surface area (Å²) in [4.78, 5) is 0. The van der Waals surface area contributed by atoms with Crippen molar-refractivity contribution in [1.82, 2.24) is 0 Å². The molecule has 0 amide bonds. The van der Waals surface area contributed by atoms with Crippen molar-refractivity contribution in [3.8, 4) is 0 Å². The van der Waals surface area contributed by atoms with E-state index in [0.29, 0.717) is 17.3 Å². The van der Waals surface area contributed by atoms with Gasteiger partial charge in [0.2, 0.25) is 0 Å². The van der Waals surface area contributed by atoms with E-state index in [9.17, 15) is 10.3 Å². The predicted molar refractivity (Wildman–Crippen MR) is 137 cm³/mol. The van der Waals surface area contributed by atoms with Gasteiger partial charge in [-0.05, 0) is 94.8 Å². The van der Waals surface area contributed by atoms with Gasteiger partial charge in [-0.1, -0.05) is 59.5 Å². The van der Waals surface area contributed by atoms with Crippen LogP contribution in [0.1, 0.15) is 126 Å². The van der Waals surface area contributed by atoms with Gasteiger partial charge in [0, 0.05) is 16.2 Å². The third kappa shape index (κ3) is 2.82. The highest BCUT2D eigenvalue weighted by Gasteiger charge is 2.90. The molecule has 2 N–H and O–H groups in total. The summed E-state index contributed by atoms with van der Waals surface area (Å²) >= 11 is 0. The Morgan fingerprint density at radius 2 is 1.68 bits per heavy atom. The number of hydrogen-bond donors (Lipinski definition) is 2. The van der Waals surface area contributed by atoms with Crippen LogP contribution < -0.4 is 0 Å². The lowest BCUT2D eigenvalue weighted by Gasteiger charge is -2.63. The van der Waals surface area contributed by atoms with Crippen molar-refractivity contribution < 1.29 is 15.1 Å². The van der Waals surface area contributed by atoms with E-state index in [1.54, 1.807) is 0 Å². The lowest BCUT2D eigenvalue weighted by molar-refractivity contribution is -0.103. The highest BCUT2D eigenvalue weighted by molar-refractivity contribution is 5.90. The number of ether oxygens (including phenoxy) is 1. The van der Waals surface area contributed by atoms with Crippen LogP contribution in [0.5, 0.6) is 0 Å². The summed E-state index contributed by atoms with van der Waals surface area (Å²) in [6.45, 7) is 18.7. The molecule has 0 aromatic rings. The van der Waals surface area contributed by atoms with Gasteiger partial charge in [0.15, 0.2) is 0 Å². The zero-order valence-corrected chi connectivity index (χ0v) is 23.3. The van der Waals surface area contributed by atoms with E-state index in [1.165, 1.54) is 44.9 Å². The zero-order chi connectivity index (χ0) is 25.0. The summed E-state index contributed by atoms with van der Waals surface area (Å²) < 4.78 is 7.25. The summed E-state index contributed by atoms with van der Waals surface area (Å²) in [5, 5.41) is 23.7. The SMILES string of the molecule is C[C@H](CCCC(C)(C)O)[C@H]1CC[C@@]2(C)[C@@]34CC[C@H]5C(C)(C)/C(=N/O)CC[C@]5(C)[C@]3(CC[C@]12C)O4. The largest absolute Gasteiger partial charge is 0.411 e. The van der Waals surface area contributed by atoms with Crippen LogP contribution >= 0.6 is 0 Å². The Morgan fingerprint density at radius 3 is 2.32 bits per heavy atom. The molecule has 0 bridgehead atoms. The molecule has 4 nitrogen and oxygen atoms in total.